The maximum Gasteiger partial charge on any atom is 0.232 e. The normalized spacial score (nSPS) is 11.3. The molecule has 0 bridgehead atoms. The van der Waals surface area contributed by atoms with E-state index < -0.39 is 10.0 Å². The number of fused-ring (bicyclic) bond motifs is 1. The summed E-state index contributed by atoms with van der Waals surface area (Å²) in [4.78, 5) is 22.0. The van der Waals surface area contributed by atoms with Crippen LogP contribution in [0.15, 0.2) is 60.4 Å². The quantitative estimate of drug-likeness (QED) is 0.250. The van der Waals surface area contributed by atoms with E-state index in [-0.39, 0.29) is 17.2 Å². The highest BCUT2D eigenvalue weighted by atomic mass is 32.2. The predicted octanol–water partition coefficient (Wildman–Crippen LogP) is 3.84. The van der Waals surface area contributed by atoms with Gasteiger partial charge in [-0.05, 0) is 36.1 Å². The fourth-order valence-corrected chi connectivity index (χ4v) is 4.93. The number of thiophene rings is 1. The maximum absolute atomic E-state index is 12.8. The van der Waals surface area contributed by atoms with Crippen LogP contribution in [0.3, 0.4) is 0 Å². The number of terminal acetylenes is 1. The first-order valence-electron chi connectivity index (χ1n) is 9.43. The van der Waals surface area contributed by atoms with Crippen molar-refractivity contribution in [1.82, 2.24) is 14.4 Å². The lowest BCUT2D eigenvalue weighted by molar-refractivity contribution is 0.103. The number of hydrogen-bond acceptors (Lipinski definition) is 6. The van der Waals surface area contributed by atoms with Gasteiger partial charge in [0.05, 0.1) is 16.3 Å². The lowest BCUT2D eigenvalue weighted by atomic mass is 10.1. The molecule has 0 aliphatic rings. The zero-order valence-electron chi connectivity index (χ0n) is 16.4. The standard InChI is InChI=1S/C22H18N4O3S2/c1-2-3-4-13-31(28,29)25-17-8-5-7-16(14-17)18-10-11-23-22-20(24-15-26(18)22)21(27)19-9-6-12-30-19/h1,5-12,14-15,25H,3-4,13H2. The van der Waals surface area contributed by atoms with Crippen molar-refractivity contribution in [2.45, 2.75) is 12.8 Å². The molecule has 3 aromatic heterocycles. The molecule has 0 amide bonds. The highest BCUT2D eigenvalue weighted by molar-refractivity contribution is 7.92. The molecular weight excluding hydrogens is 432 g/mol. The van der Waals surface area contributed by atoms with E-state index in [4.69, 9.17) is 6.42 Å². The van der Waals surface area contributed by atoms with E-state index in [9.17, 15) is 13.2 Å². The first-order chi connectivity index (χ1) is 15.0. The Hall–Kier alpha value is -3.48. The Kier molecular flexibility index (Phi) is 5.84. The second kappa shape index (κ2) is 8.71. The van der Waals surface area contributed by atoms with Gasteiger partial charge in [-0.15, -0.1) is 23.7 Å². The molecule has 1 N–H and O–H groups in total. The number of carbonyl (C=O) groups is 1. The topological polar surface area (TPSA) is 93.4 Å². The zero-order valence-corrected chi connectivity index (χ0v) is 18.0. The Morgan fingerprint density at radius 1 is 1.19 bits per heavy atom. The average molecular weight is 451 g/mol. The summed E-state index contributed by atoms with van der Waals surface area (Å²) >= 11 is 1.35. The highest BCUT2D eigenvalue weighted by Crippen LogP contribution is 2.26. The van der Waals surface area contributed by atoms with Gasteiger partial charge in [-0.25, -0.2) is 18.4 Å². The van der Waals surface area contributed by atoms with Crippen molar-refractivity contribution in [3.8, 4) is 23.6 Å². The van der Waals surface area contributed by atoms with Crippen LogP contribution in [0.25, 0.3) is 16.9 Å². The zero-order chi connectivity index (χ0) is 21.8. The summed E-state index contributed by atoms with van der Waals surface area (Å²) in [7, 11) is -3.50. The molecule has 0 atom stereocenters. The molecule has 4 aromatic rings. The lowest BCUT2D eigenvalue weighted by Gasteiger charge is -2.10. The third-order valence-electron chi connectivity index (χ3n) is 4.56. The molecule has 1 aromatic carbocycles. The number of nitrogens with zero attached hydrogens (tertiary/aromatic N) is 3. The summed E-state index contributed by atoms with van der Waals surface area (Å²) in [6.45, 7) is 0. The molecule has 0 aliphatic heterocycles. The Morgan fingerprint density at radius 3 is 2.84 bits per heavy atom. The summed E-state index contributed by atoms with van der Waals surface area (Å²) in [6.07, 6.45) is 9.15. The van der Waals surface area contributed by atoms with Gasteiger partial charge in [-0.3, -0.25) is 13.9 Å². The van der Waals surface area contributed by atoms with Crippen LogP contribution >= 0.6 is 11.3 Å². The Bertz CT molecular complexity index is 1380. The molecule has 31 heavy (non-hydrogen) atoms. The first kappa shape index (κ1) is 20.8. The highest BCUT2D eigenvalue weighted by Gasteiger charge is 2.19. The van der Waals surface area contributed by atoms with Gasteiger partial charge >= 0.3 is 0 Å². The molecule has 0 saturated heterocycles. The minimum absolute atomic E-state index is 0.0450. The SMILES string of the molecule is C#CCCCS(=O)(=O)Nc1cccc(-c2ccnc3c(C(=O)c4cccs4)ncn23)c1. The number of anilines is 1. The Labute approximate surface area is 183 Å². The van der Waals surface area contributed by atoms with E-state index in [1.54, 1.807) is 47.3 Å². The van der Waals surface area contributed by atoms with Crippen molar-refractivity contribution in [2.24, 2.45) is 0 Å². The largest absolute Gasteiger partial charge is 0.286 e. The van der Waals surface area contributed by atoms with Crippen molar-refractivity contribution in [2.75, 3.05) is 10.5 Å². The van der Waals surface area contributed by atoms with Gasteiger partial charge in [0.1, 0.15) is 6.33 Å². The van der Waals surface area contributed by atoms with Crippen LogP contribution < -0.4 is 4.72 Å². The number of rotatable bonds is 8. The summed E-state index contributed by atoms with van der Waals surface area (Å²) < 4.78 is 28.9. The van der Waals surface area contributed by atoms with Crippen LogP contribution in [0.4, 0.5) is 5.69 Å². The van der Waals surface area contributed by atoms with Gasteiger partial charge in [0.15, 0.2) is 11.3 Å². The summed E-state index contributed by atoms with van der Waals surface area (Å²) in [5, 5.41) is 1.84. The minimum atomic E-state index is -3.50. The van der Waals surface area contributed by atoms with Crippen LogP contribution in [0.1, 0.15) is 28.2 Å². The van der Waals surface area contributed by atoms with E-state index in [0.29, 0.717) is 29.1 Å². The molecule has 4 rings (SSSR count). The van der Waals surface area contributed by atoms with E-state index in [0.717, 1.165) is 11.3 Å². The van der Waals surface area contributed by atoms with Gasteiger partial charge in [-0.1, -0.05) is 18.2 Å². The maximum atomic E-state index is 12.8. The molecule has 0 radical (unpaired) electrons. The first-order valence-corrected chi connectivity index (χ1v) is 12.0. The second-order valence-electron chi connectivity index (χ2n) is 6.73. The van der Waals surface area contributed by atoms with E-state index in [1.165, 1.54) is 11.3 Å². The number of carbonyl (C=O) groups excluding carboxylic acids is 1. The fourth-order valence-electron chi connectivity index (χ4n) is 3.16. The number of hydrogen-bond donors (Lipinski definition) is 1. The van der Waals surface area contributed by atoms with Crippen molar-refractivity contribution in [3.05, 3.63) is 70.9 Å². The third kappa shape index (κ3) is 4.50. The van der Waals surface area contributed by atoms with Crippen LogP contribution in [-0.2, 0) is 10.0 Å². The van der Waals surface area contributed by atoms with Gasteiger partial charge in [0, 0.05) is 23.9 Å². The molecule has 9 heteroatoms. The Balaban J connectivity index is 1.66. The molecule has 0 saturated carbocycles. The van der Waals surface area contributed by atoms with Crippen LogP contribution in [0, 0.1) is 12.3 Å². The van der Waals surface area contributed by atoms with Crippen molar-refractivity contribution in [1.29, 1.82) is 0 Å². The summed E-state index contributed by atoms with van der Waals surface area (Å²) in [5.74, 6) is 2.21. The minimum Gasteiger partial charge on any atom is -0.286 e. The van der Waals surface area contributed by atoms with Gasteiger partial charge < -0.3 is 0 Å². The van der Waals surface area contributed by atoms with E-state index in [1.807, 2.05) is 17.5 Å². The number of imidazole rings is 1. The predicted molar refractivity (Wildman–Crippen MR) is 122 cm³/mol. The summed E-state index contributed by atoms with van der Waals surface area (Å²) in [5.41, 5.74) is 2.64. The number of benzene rings is 1. The fraction of sp³-hybridized carbons (Fsp3) is 0.136. The van der Waals surface area contributed by atoms with E-state index >= 15 is 0 Å². The van der Waals surface area contributed by atoms with Gasteiger partial charge in [-0.2, -0.15) is 0 Å². The Morgan fingerprint density at radius 2 is 2.06 bits per heavy atom. The molecule has 3 heterocycles. The van der Waals surface area contributed by atoms with E-state index in [2.05, 4.69) is 20.6 Å². The van der Waals surface area contributed by atoms with Crippen LogP contribution in [0.2, 0.25) is 0 Å². The monoisotopic (exact) mass is 450 g/mol. The van der Waals surface area contributed by atoms with Crippen molar-refractivity contribution < 1.29 is 13.2 Å². The number of nitrogens with one attached hydrogen (secondary N) is 1. The van der Waals surface area contributed by atoms with Gasteiger partial charge in [0.2, 0.25) is 15.8 Å². The average Bonchev–Trinajstić information content (AvgIpc) is 3.43. The molecular formula is C22H18N4O3S2. The lowest BCUT2D eigenvalue weighted by Crippen LogP contribution is -2.16. The molecule has 156 valence electrons. The smallest absolute Gasteiger partial charge is 0.232 e. The van der Waals surface area contributed by atoms with Crippen molar-refractivity contribution >= 4 is 38.5 Å². The number of ketones is 1. The molecule has 0 spiro atoms. The van der Waals surface area contributed by atoms with Crippen LogP contribution in [-0.4, -0.2) is 34.3 Å². The molecule has 7 nitrogen and oxygen atoms in total. The van der Waals surface area contributed by atoms with Gasteiger partial charge in [0.25, 0.3) is 0 Å². The van der Waals surface area contributed by atoms with Crippen molar-refractivity contribution in [3.63, 3.8) is 0 Å². The number of unbranched alkanes of at least 4 members (excludes halogenated alkanes) is 1. The van der Waals surface area contributed by atoms with Crippen LogP contribution in [0.5, 0.6) is 0 Å². The second-order valence-corrected chi connectivity index (χ2v) is 9.52. The summed E-state index contributed by atoms with van der Waals surface area (Å²) in [6, 6.07) is 12.4. The molecule has 0 unspecified atom stereocenters. The number of aromatic nitrogens is 3. The number of sulfonamides is 1. The molecule has 0 fully saturated rings. The third-order valence-corrected chi connectivity index (χ3v) is 6.80. The molecule has 0 aliphatic carbocycles.